The van der Waals surface area contributed by atoms with Gasteiger partial charge in [-0.05, 0) is 66.1 Å². The van der Waals surface area contributed by atoms with Crippen LogP contribution in [0.5, 0.6) is 28.7 Å². The zero-order valence-corrected chi connectivity index (χ0v) is 22.2. The second-order valence-electron chi connectivity index (χ2n) is 8.98. The summed E-state index contributed by atoms with van der Waals surface area (Å²) in [5, 5.41) is 0.590. The molecule has 1 amide bonds. The second-order valence-corrected chi connectivity index (χ2v) is 8.98. The van der Waals surface area contributed by atoms with E-state index in [1.807, 2.05) is 12.1 Å². The number of benzene rings is 3. The van der Waals surface area contributed by atoms with Crippen molar-refractivity contribution < 1.29 is 32.9 Å². The number of amides is 1. The largest absolute Gasteiger partial charge is 0.497 e. The van der Waals surface area contributed by atoms with E-state index in [2.05, 4.69) is 0 Å². The van der Waals surface area contributed by atoms with Crippen LogP contribution in [-0.2, 0) is 6.42 Å². The van der Waals surface area contributed by atoms with Gasteiger partial charge in [0.15, 0.2) is 22.8 Å². The van der Waals surface area contributed by atoms with E-state index in [9.17, 15) is 9.59 Å². The molecule has 39 heavy (non-hydrogen) atoms. The molecule has 0 fully saturated rings. The normalized spacial score (nSPS) is 14.5. The highest BCUT2D eigenvalue weighted by Crippen LogP contribution is 2.39. The van der Waals surface area contributed by atoms with Crippen LogP contribution in [0.3, 0.4) is 0 Å². The molecule has 0 bridgehead atoms. The minimum Gasteiger partial charge on any atom is -0.497 e. The average Bonchev–Trinajstić information content (AvgIpc) is 2.98. The topological polar surface area (TPSA) is 96.7 Å². The lowest BCUT2D eigenvalue weighted by Crippen LogP contribution is -2.44. The maximum atomic E-state index is 13.9. The maximum absolute atomic E-state index is 13.9. The van der Waals surface area contributed by atoms with Crippen LogP contribution in [0.1, 0.15) is 27.5 Å². The van der Waals surface area contributed by atoms with E-state index in [4.69, 9.17) is 28.1 Å². The number of rotatable bonds is 8. The number of fused-ring (bicyclic) bond motifs is 2. The van der Waals surface area contributed by atoms with E-state index < -0.39 is 17.6 Å². The molecule has 202 valence electrons. The number of hydrogen-bond acceptors (Lipinski definition) is 8. The summed E-state index contributed by atoms with van der Waals surface area (Å²) >= 11 is 0. The summed E-state index contributed by atoms with van der Waals surface area (Å²) in [5.41, 5.74) is 1.36. The van der Waals surface area contributed by atoms with Crippen molar-refractivity contribution in [1.82, 2.24) is 4.90 Å². The highest BCUT2D eigenvalue weighted by Gasteiger charge is 2.35. The summed E-state index contributed by atoms with van der Waals surface area (Å²) in [6, 6.07) is 17.3. The van der Waals surface area contributed by atoms with E-state index in [0.717, 1.165) is 11.1 Å². The number of ether oxygens (including phenoxy) is 5. The first kappa shape index (κ1) is 26.0. The van der Waals surface area contributed by atoms with Gasteiger partial charge < -0.3 is 33.0 Å². The number of carbonyl (C=O) groups is 1. The molecule has 0 N–H and O–H groups in total. The lowest BCUT2D eigenvalue weighted by atomic mass is 9.91. The molecule has 0 radical (unpaired) electrons. The first-order chi connectivity index (χ1) is 19.0. The van der Waals surface area contributed by atoms with Gasteiger partial charge in [0.1, 0.15) is 23.7 Å². The fourth-order valence-electron chi connectivity index (χ4n) is 4.88. The first-order valence-corrected chi connectivity index (χ1v) is 12.4. The van der Waals surface area contributed by atoms with E-state index in [0.29, 0.717) is 52.7 Å². The molecule has 1 unspecified atom stereocenters. The molecule has 0 saturated carbocycles. The molecule has 0 aliphatic carbocycles. The summed E-state index contributed by atoms with van der Waals surface area (Å²) in [6.07, 6.45) is 0.563. The predicted octanol–water partition coefficient (Wildman–Crippen LogP) is 4.65. The lowest BCUT2D eigenvalue weighted by Gasteiger charge is -2.37. The Balaban J connectivity index is 1.54. The SMILES string of the molecule is COc1ccc(OCC2c3cc(OC)c(OC)cc3CCN2C(=O)c2cc3cccc(OC)c3oc2=O)cc1. The van der Waals surface area contributed by atoms with E-state index in [-0.39, 0.29) is 12.2 Å². The van der Waals surface area contributed by atoms with Crippen LogP contribution < -0.4 is 29.3 Å². The van der Waals surface area contributed by atoms with Crippen molar-refractivity contribution in [1.29, 1.82) is 0 Å². The van der Waals surface area contributed by atoms with Crippen molar-refractivity contribution in [2.45, 2.75) is 12.5 Å². The number of hydrogen-bond donors (Lipinski definition) is 0. The van der Waals surface area contributed by atoms with Crippen molar-refractivity contribution in [2.24, 2.45) is 0 Å². The molecule has 0 saturated heterocycles. The number of nitrogens with zero attached hydrogens (tertiary/aromatic N) is 1. The Morgan fingerprint density at radius 1 is 0.872 bits per heavy atom. The van der Waals surface area contributed by atoms with Crippen molar-refractivity contribution in [3.63, 3.8) is 0 Å². The molecule has 9 nitrogen and oxygen atoms in total. The van der Waals surface area contributed by atoms with Crippen LogP contribution in [0.2, 0.25) is 0 Å². The van der Waals surface area contributed by atoms with Crippen molar-refractivity contribution in [2.75, 3.05) is 41.6 Å². The lowest BCUT2D eigenvalue weighted by molar-refractivity contribution is 0.0585. The van der Waals surface area contributed by atoms with Crippen LogP contribution in [0, 0.1) is 0 Å². The van der Waals surface area contributed by atoms with Gasteiger partial charge in [-0.3, -0.25) is 4.79 Å². The van der Waals surface area contributed by atoms with Gasteiger partial charge >= 0.3 is 5.63 Å². The van der Waals surface area contributed by atoms with Crippen molar-refractivity contribution in [3.05, 3.63) is 87.8 Å². The van der Waals surface area contributed by atoms with Gasteiger partial charge in [-0.2, -0.15) is 0 Å². The van der Waals surface area contributed by atoms with E-state index >= 15 is 0 Å². The third-order valence-corrected chi connectivity index (χ3v) is 6.91. The third kappa shape index (κ3) is 4.95. The predicted molar refractivity (Wildman–Crippen MR) is 145 cm³/mol. The van der Waals surface area contributed by atoms with Gasteiger partial charge in [0.25, 0.3) is 5.91 Å². The molecule has 0 spiro atoms. The fraction of sp³-hybridized carbons (Fsp3) is 0.267. The molecule has 2 heterocycles. The highest BCUT2D eigenvalue weighted by molar-refractivity contribution is 5.97. The van der Waals surface area contributed by atoms with Crippen LogP contribution >= 0.6 is 0 Å². The number of para-hydroxylation sites is 1. The van der Waals surface area contributed by atoms with Gasteiger partial charge in [-0.15, -0.1) is 0 Å². The Morgan fingerprint density at radius 2 is 1.56 bits per heavy atom. The highest BCUT2D eigenvalue weighted by atomic mass is 16.5. The maximum Gasteiger partial charge on any atom is 0.349 e. The summed E-state index contributed by atoms with van der Waals surface area (Å²) in [7, 11) is 6.24. The minimum absolute atomic E-state index is 0.0610. The molecule has 1 aromatic heterocycles. The van der Waals surface area contributed by atoms with E-state index in [1.54, 1.807) is 74.8 Å². The second kappa shape index (κ2) is 11.0. The molecule has 9 heteroatoms. The van der Waals surface area contributed by atoms with Crippen LogP contribution in [0.25, 0.3) is 11.0 Å². The van der Waals surface area contributed by atoms with Gasteiger partial charge in [0, 0.05) is 11.9 Å². The monoisotopic (exact) mass is 531 g/mol. The zero-order valence-electron chi connectivity index (χ0n) is 22.2. The summed E-state index contributed by atoms with van der Waals surface area (Å²) in [4.78, 5) is 28.6. The standard InChI is InChI=1S/C30H29NO8/c1-34-20-8-10-21(11-9-20)38-17-24-22-16-27(37-4)26(36-3)15-18(22)12-13-31(24)29(32)23-14-19-6-5-7-25(35-2)28(19)39-30(23)33/h5-11,14-16,24H,12-13,17H2,1-4H3. The Morgan fingerprint density at radius 3 is 2.26 bits per heavy atom. The fourth-order valence-corrected chi connectivity index (χ4v) is 4.88. The molecular formula is C30H29NO8. The Bertz CT molecular complexity index is 1560. The van der Waals surface area contributed by atoms with Gasteiger partial charge in [-0.1, -0.05) is 12.1 Å². The van der Waals surface area contributed by atoms with Crippen LogP contribution in [0.4, 0.5) is 0 Å². The molecule has 4 aromatic rings. The third-order valence-electron chi connectivity index (χ3n) is 6.91. The molecule has 3 aromatic carbocycles. The van der Waals surface area contributed by atoms with Crippen molar-refractivity contribution >= 4 is 16.9 Å². The molecule has 5 rings (SSSR count). The Kier molecular flexibility index (Phi) is 7.31. The van der Waals surface area contributed by atoms with Crippen LogP contribution in [-0.4, -0.2) is 52.4 Å². The molecular weight excluding hydrogens is 502 g/mol. The number of carbonyl (C=O) groups excluding carboxylic acids is 1. The molecule has 1 aliphatic heterocycles. The van der Waals surface area contributed by atoms with Crippen LogP contribution in [0.15, 0.2) is 69.9 Å². The minimum atomic E-state index is -0.732. The van der Waals surface area contributed by atoms with E-state index in [1.165, 1.54) is 7.11 Å². The Labute approximate surface area is 225 Å². The average molecular weight is 532 g/mol. The smallest absolute Gasteiger partial charge is 0.349 e. The zero-order chi connectivity index (χ0) is 27.5. The summed E-state index contributed by atoms with van der Waals surface area (Å²) in [5.74, 6) is 2.44. The molecule has 1 aliphatic rings. The van der Waals surface area contributed by atoms with Gasteiger partial charge in [0.05, 0.1) is 34.5 Å². The number of methoxy groups -OCH3 is 4. The quantitative estimate of drug-likeness (QED) is 0.303. The van der Waals surface area contributed by atoms with Gasteiger partial charge in [0.2, 0.25) is 0 Å². The summed E-state index contributed by atoms with van der Waals surface area (Å²) < 4.78 is 33.3. The van der Waals surface area contributed by atoms with Gasteiger partial charge in [-0.25, -0.2) is 4.79 Å². The summed E-state index contributed by atoms with van der Waals surface area (Å²) in [6.45, 7) is 0.515. The van der Waals surface area contributed by atoms with Crippen molar-refractivity contribution in [3.8, 4) is 28.7 Å². The Hall–Kier alpha value is -4.66. The molecule has 1 atom stereocenters. The first-order valence-electron chi connectivity index (χ1n) is 12.4.